The molecule has 0 aliphatic rings. The Hall–Kier alpha value is -2.52. The average Bonchev–Trinajstić information content (AvgIpc) is 3.18. The quantitative estimate of drug-likeness (QED) is 0.561. The van der Waals surface area contributed by atoms with E-state index in [0.29, 0.717) is 16.6 Å². The van der Waals surface area contributed by atoms with Gasteiger partial charge < -0.3 is 10.1 Å². The number of hydrogen-bond donors (Lipinski definition) is 1. The first kappa shape index (κ1) is 14.4. The summed E-state index contributed by atoms with van der Waals surface area (Å²) in [5.41, 5.74) is 0.570. The van der Waals surface area contributed by atoms with Gasteiger partial charge in [0.05, 0.1) is 28.7 Å². The fourth-order valence-corrected chi connectivity index (χ4v) is 3.33. The lowest BCUT2D eigenvalue weighted by Gasteiger charge is -2.08. The zero-order chi connectivity index (χ0) is 15.5. The Morgan fingerprint density at radius 1 is 1.32 bits per heavy atom. The minimum atomic E-state index is -0.466. The maximum atomic E-state index is 10.8. The summed E-state index contributed by atoms with van der Waals surface area (Å²) in [6, 6.07) is 8.29. The number of non-ortho nitro benzene ring substituents is 1. The summed E-state index contributed by atoms with van der Waals surface area (Å²) >= 11 is 2.99. The van der Waals surface area contributed by atoms with Gasteiger partial charge in [-0.15, -0.1) is 21.5 Å². The molecule has 0 aliphatic heterocycles. The molecule has 0 aliphatic carbocycles. The van der Waals surface area contributed by atoms with Crippen LogP contribution in [0.4, 0.5) is 16.5 Å². The third kappa shape index (κ3) is 2.90. The Morgan fingerprint density at radius 3 is 2.86 bits per heavy atom. The van der Waals surface area contributed by atoms with Crippen LogP contribution in [0.1, 0.15) is 0 Å². The molecule has 0 spiro atoms. The van der Waals surface area contributed by atoms with Crippen LogP contribution in [0, 0.1) is 10.1 Å². The Morgan fingerprint density at radius 2 is 2.18 bits per heavy atom. The lowest BCUT2D eigenvalue weighted by atomic mass is 10.2. The summed E-state index contributed by atoms with van der Waals surface area (Å²) in [4.78, 5) is 11.4. The van der Waals surface area contributed by atoms with Crippen LogP contribution in [0.5, 0.6) is 5.75 Å². The predicted octanol–water partition coefficient (Wildman–Crippen LogP) is 3.93. The van der Waals surface area contributed by atoms with Crippen molar-refractivity contribution in [2.24, 2.45) is 0 Å². The largest absolute Gasteiger partial charge is 0.494 e. The minimum absolute atomic E-state index is 0.0288. The second kappa shape index (κ2) is 6.08. The fourth-order valence-electron chi connectivity index (χ4n) is 1.79. The molecule has 2 aromatic heterocycles. The van der Waals surface area contributed by atoms with Crippen molar-refractivity contribution in [3.63, 3.8) is 0 Å². The van der Waals surface area contributed by atoms with Crippen LogP contribution >= 0.6 is 22.7 Å². The van der Waals surface area contributed by atoms with Crippen LogP contribution in [-0.4, -0.2) is 22.2 Å². The van der Waals surface area contributed by atoms with Crippen molar-refractivity contribution >= 4 is 39.2 Å². The van der Waals surface area contributed by atoms with Crippen LogP contribution in [0.3, 0.4) is 0 Å². The van der Waals surface area contributed by atoms with E-state index in [1.807, 2.05) is 17.5 Å². The summed E-state index contributed by atoms with van der Waals surface area (Å²) in [5, 5.41) is 25.4. The molecular formula is C13H10N4O3S2. The van der Waals surface area contributed by atoms with E-state index in [1.54, 1.807) is 17.4 Å². The highest BCUT2D eigenvalue weighted by Gasteiger charge is 2.13. The molecule has 7 nitrogen and oxygen atoms in total. The van der Waals surface area contributed by atoms with Crippen LogP contribution in [0.25, 0.3) is 9.88 Å². The molecule has 22 heavy (non-hydrogen) atoms. The molecule has 1 N–H and O–H groups in total. The Balaban J connectivity index is 1.85. The summed E-state index contributed by atoms with van der Waals surface area (Å²) in [6.07, 6.45) is 0. The molecule has 0 fully saturated rings. The van der Waals surface area contributed by atoms with Gasteiger partial charge in [-0.25, -0.2) is 0 Å². The van der Waals surface area contributed by atoms with E-state index in [0.717, 1.165) is 9.88 Å². The molecule has 0 unspecified atom stereocenters. The van der Waals surface area contributed by atoms with Crippen molar-refractivity contribution in [3.8, 4) is 15.6 Å². The lowest BCUT2D eigenvalue weighted by Crippen LogP contribution is -1.96. The molecule has 0 bridgehead atoms. The number of hydrogen-bond acceptors (Lipinski definition) is 8. The number of nitro groups is 1. The first-order chi connectivity index (χ1) is 10.7. The molecular weight excluding hydrogens is 324 g/mol. The van der Waals surface area contributed by atoms with Crippen molar-refractivity contribution in [2.45, 2.75) is 0 Å². The van der Waals surface area contributed by atoms with Gasteiger partial charge in [-0.3, -0.25) is 10.1 Å². The number of rotatable bonds is 5. The summed E-state index contributed by atoms with van der Waals surface area (Å²) in [6.45, 7) is 0. The molecule has 112 valence electrons. The molecule has 3 aromatic rings. The van der Waals surface area contributed by atoms with Crippen molar-refractivity contribution in [1.82, 2.24) is 10.2 Å². The van der Waals surface area contributed by atoms with Gasteiger partial charge in [0.1, 0.15) is 5.75 Å². The maximum absolute atomic E-state index is 10.8. The zero-order valence-corrected chi connectivity index (χ0v) is 13.0. The molecule has 0 radical (unpaired) electrons. The van der Waals surface area contributed by atoms with Gasteiger partial charge in [-0.05, 0) is 17.5 Å². The van der Waals surface area contributed by atoms with Gasteiger partial charge in [-0.2, -0.15) is 0 Å². The first-order valence-electron chi connectivity index (χ1n) is 6.14. The Labute approximate surface area is 133 Å². The van der Waals surface area contributed by atoms with Crippen LogP contribution < -0.4 is 10.1 Å². The second-order valence-corrected chi connectivity index (χ2v) is 6.08. The predicted molar refractivity (Wildman–Crippen MR) is 86.2 cm³/mol. The molecule has 0 saturated heterocycles. The molecule has 0 amide bonds. The number of thiophene rings is 1. The SMILES string of the molecule is COc1cc([N+](=O)[O-])ccc1Nc1nnc(-c2cccs2)s1. The third-order valence-electron chi connectivity index (χ3n) is 2.79. The fraction of sp³-hybridized carbons (Fsp3) is 0.0769. The normalized spacial score (nSPS) is 10.4. The number of nitrogens with one attached hydrogen (secondary N) is 1. The Bertz CT molecular complexity index is 801. The average molecular weight is 334 g/mol. The standard InChI is InChI=1S/C13H10N4O3S2/c1-20-10-7-8(17(18)19)4-5-9(10)14-13-16-15-12(22-13)11-3-2-6-21-11/h2-7H,1H3,(H,14,16). The van der Waals surface area contributed by atoms with Crippen LogP contribution in [-0.2, 0) is 0 Å². The van der Waals surface area contributed by atoms with E-state index in [9.17, 15) is 10.1 Å². The molecule has 2 heterocycles. The molecule has 0 atom stereocenters. The highest BCUT2D eigenvalue weighted by atomic mass is 32.1. The Kier molecular flexibility index (Phi) is 3.98. The number of methoxy groups -OCH3 is 1. The minimum Gasteiger partial charge on any atom is -0.494 e. The van der Waals surface area contributed by atoms with E-state index >= 15 is 0 Å². The van der Waals surface area contributed by atoms with Crippen LogP contribution in [0.2, 0.25) is 0 Å². The highest BCUT2D eigenvalue weighted by Crippen LogP contribution is 2.35. The summed E-state index contributed by atoms with van der Waals surface area (Å²) in [7, 11) is 1.46. The maximum Gasteiger partial charge on any atom is 0.273 e. The number of nitro benzene ring substituents is 1. The van der Waals surface area contributed by atoms with Gasteiger partial charge >= 0.3 is 0 Å². The van der Waals surface area contributed by atoms with E-state index < -0.39 is 4.92 Å². The number of aromatic nitrogens is 2. The third-order valence-corrected chi connectivity index (χ3v) is 4.67. The van der Waals surface area contributed by atoms with E-state index in [1.165, 1.54) is 30.6 Å². The van der Waals surface area contributed by atoms with E-state index in [-0.39, 0.29) is 5.69 Å². The lowest BCUT2D eigenvalue weighted by molar-refractivity contribution is -0.384. The van der Waals surface area contributed by atoms with Gasteiger partial charge in [0, 0.05) is 6.07 Å². The number of benzene rings is 1. The highest BCUT2D eigenvalue weighted by molar-refractivity contribution is 7.22. The van der Waals surface area contributed by atoms with Crippen LogP contribution in [0.15, 0.2) is 35.7 Å². The smallest absolute Gasteiger partial charge is 0.273 e. The van der Waals surface area contributed by atoms with Gasteiger partial charge in [0.2, 0.25) is 5.13 Å². The van der Waals surface area contributed by atoms with Gasteiger partial charge in [-0.1, -0.05) is 17.4 Å². The second-order valence-electron chi connectivity index (χ2n) is 4.16. The van der Waals surface area contributed by atoms with Crippen molar-refractivity contribution < 1.29 is 9.66 Å². The number of ether oxygens (including phenoxy) is 1. The van der Waals surface area contributed by atoms with Crippen molar-refractivity contribution in [2.75, 3.05) is 12.4 Å². The monoisotopic (exact) mass is 334 g/mol. The summed E-state index contributed by atoms with van der Waals surface area (Å²) in [5.74, 6) is 0.377. The topological polar surface area (TPSA) is 90.2 Å². The van der Waals surface area contributed by atoms with Crippen molar-refractivity contribution in [1.29, 1.82) is 0 Å². The summed E-state index contributed by atoms with van der Waals surface area (Å²) < 4.78 is 5.18. The van der Waals surface area contributed by atoms with Gasteiger partial charge in [0.15, 0.2) is 5.01 Å². The number of anilines is 2. The molecule has 3 rings (SSSR count). The zero-order valence-electron chi connectivity index (χ0n) is 11.3. The molecule has 9 heteroatoms. The number of nitrogens with zero attached hydrogens (tertiary/aromatic N) is 3. The first-order valence-corrected chi connectivity index (χ1v) is 7.84. The molecule has 0 saturated carbocycles. The molecule has 1 aromatic carbocycles. The van der Waals surface area contributed by atoms with E-state index in [4.69, 9.17) is 4.74 Å². The van der Waals surface area contributed by atoms with Crippen molar-refractivity contribution in [3.05, 3.63) is 45.8 Å². The van der Waals surface area contributed by atoms with E-state index in [2.05, 4.69) is 15.5 Å². The van der Waals surface area contributed by atoms with Gasteiger partial charge in [0.25, 0.3) is 5.69 Å².